The van der Waals surface area contributed by atoms with Crippen LogP contribution in [0.5, 0.6) is 0 Å². The standard InChI is InChI=1S/C24H28O3/c1-4-8-22-21(17-9-6-5-7-10-17)15-20(16(2)3)23(27-22)18-11-13-19(14-12-18)24(25)26/h5-7,9-14,20-23H,2,4,8,15H2,1,3H3,(H,25,26)/t20-,21+,22+,23-/m1/s1. The Morgan fingerprint density at radius 2 is 1.78 bits per heavy atom. The fourth-order valence-corrected chi connectivity index (χ4v) is 4.12. The van der Waals surface area contributed by atoms with E-state index in [2.05, 4.69) is 44.7 Å². The highest BCUT2D eigenvalue weighted by atomic mass is 16.5. The zero-order valence-electron chi connectivity index (χ0n) is 16.1. The largest absolute Gasteiger partial charge is 0.478 e. The second-order valence-electron chi connectivity index (χ2n) is 7.52. The Kier molecular flexibility index (Phi) is 6.12. The minimum absolute atomic E-state index is 0.0816. The van der Waals surface area contributed by atoms with Gasteiger partial charge in [-0.3, -0.25) is 0 Å². The zero-order chi connectivity index (χ0) is 19.4. The van der Waals surface area contributed by atoms with E-state index < -0.39 is 5.97 Å². The molecule has 3 rings (SSSR count). The number of benzene rings is 2. The first-order valence-electron chi connectivity index (χ1n) is 9.70. The Balaban J connectivity index is 1.92. The van der Waals surface area contributed by atoms with Crippen LogP contribution in [0, 0.1) is 5.92 Å². The molecule has 2 aromatic carbocycles. The normalized spacial score (nSPS) is 25.1. The van der Waals surface area contributed by atoms with E-state index in [1.54, 1.807) is 12.1 Å². The molecule has 0 radical (unpaired) electrons. The van der Waals surface area contributed by atoms with Gasteiger partial charge in [-0.2, -0.15) is 0 Å². The van der Waals surface area contributed by atoms with Crippen molar-refractivity contribution >= 4 is 5.97 Å². The molecule has 0 amide bonds. The van der Waals surface area contributed by atoms with Gasteiger partial charge in [0.15, 0.2) is 0 Å². The van der Waals surface area contributed by atoms with Gasteiger partial charge in [-0.1, -0.05) is 68.0 Å². The fourth-order valence-electron chi connectivity index (χ4n) is 4.12. The van der Waals surface area contributed by atoms with Crippen molar-refractivity contribution in [3.05, 3.63) is 83.4 Å². The highest BCUT2D eigenvalue weighted by Gasteiger charge is 2.39. The van der Waals surface area contributed by atoms with E-state index in [-0.39, 0.29) is 18.1 Å². The van der Waals surface area contributed by atoms with Crippen molar-refractivity contribution in [1.82, 2.24) is 0 Å². The molecule has 4 atom stereocenters. The number of aromatic carboxylic acids is 1. The minimum Gasteiger partial charge on any atom is -0.478 e. The maximum Gasteiger partial charge on any atom is 0.335 e. The van der Waals surface area contributed by atoms with Gasteiger partial charge < -0.3 is 9.84 Å². The van der Waals surface area contributed by atoms with Crippen LogP contribution < -0.4 is 0 Å². The summed E-state index contributed by atoms with van der Waals surface area (Å²) < 4.78 is 6.65. The number of hydrogen-bond acceptors (Lipinski definition) is 2. The van der Waals surface area contributed by atoms with Crippen LogP contribution >= 0.6 is 0 Å². The van der Waals surface area contributed by atoms with Crippen molar-refractivity contribution in [2.75, 3.05) is 0 Å². The zero-order valence-corrected chi connectivity index (χ0v) is 16.1. The van der Waals surface area contributed by atoms with Crippen LogP contribution in [0.2, 0.25) is 0 Å². The average molecular weight is 364 g/mol. The molecule has 3 heteroatoms. The SMILES string of the molecule is C=C(C)[C@H]1C[C@@H](c2ccccc2)[C@H](CCC)O[C@@H]1c1ccc(C(=O)O)cc1. The summed E-state index contributed by atoms with van der Waals surface area (Å²) >= 11 is 0. The monoisotopic (exact) mass is 364 g/mol. The molecule has 1 fully saturated rings. The predicted octanol–water partition coefficient (Wildman–Crippen LogP) is 5.99. The Morgan fingerprint density at radius 1 is 1.11 bits per heavy atom. The van der Waals surface area contributed by atoms with Gasteiger partial charge in [0.25, 0.3) is 0 Å². The second-order valence-corrected chi connectivity index (χ2v) is 7.52. The molecular formula is C24H28O3. The van der Waals surface area contributed by atoms with Crippen molar-refractivity contribution in [2.24, 2.45) is 5.92 Å². The van der Waals surface area contributed by atoms with Gasteiger partial charge in [-0.25, -0.2) is 4.79 Å². The summed E-state index contributed by atoms with van der Waals surface area (Å²) in [5.41, 5.74) is 3.76. The van der Waals surface area contributed by atoms with E-state index in [1.165, 1.54) is 5.56 Å². The van der Waals surface area contributed by atoms with Gasteiger partial charge in [0.2, 0.25) is 0 Å². The van der Waals surface area contributed by atoms with Crippen molar-refractivity contribution in [3.8, 4) is 0 Å². The van der Waals surface area contributed by atoms with Crippen LogP contribution in [0.25, 0.3) is 0 Å². The van der Waals surface area contributed by atoms with E-state index in [0.29, 0.717) is 11.5 Å². The Hall–Kier alpha value is -2.39. The maximum atomic E-state index is 11.2. The number of hydrogen-bond donors (Lipinski definition) is 1. The quantitative estimate of drug-likeness (QED) is 0.640. The van der Waals surface area contributed by atoms with Gasteiger partial charge in [0.05, 0.1) is 17.8 Å². The smallest absolute Gasteiger partial charge is 0.335 e. The van der Waals surface area contributed by atoms with Crippen LogP contribution in [0.15, 0.2) is 66.7 Å². The summed E-state index contributed by atoms with van der Waals surface area (Å²) in [6.07, 6.45) is 3.14. The lowest BCUT2D eigenvalue weighted by Gasteiger charge is -2.43. The lowest BCUT2D eigenvalue weighted by Crippen LogP contribution is -2.36. The Labute approximate surface area is 161 Å². The molecule has 0 saturated carbocycles. The molecule has 142 valence electrons. The van der Waals surface area contributed by atoms with Crippen molar-refractivity contribution in [1.29, 1.82) is 0 Å². The molecule has 1 heterocycles. The van der Waals surface area contributed by atoms with Crippen LogP contribution in [-0.2, 0) is 4.74 Å². The number of ether oxygens (including phenoxy) is 1. The molecule has 2 aromatic rings. The molecule has 0 bridgehead atoms. The van der Waals surface area contributed by atoms with Gasteiger partial charge in [0.1, 0.15) is 0 Å². The van der Waals surface area contributed by atoms with Crippen molar-refractivity contribution in [2.45, 2.75) is 51.2 Å². The number of carboxylic acid groups (broad SMARTS) is 1. The lowest BCUT2D eigenvalue weighted by atomic mass is 9.75. The highest BCUT2D eigenvalue weighted by molar-refractivity contribution is 5.87. The summed E-state index contributed by atoms with van der Waals surface area (Å²) in [6, 6.07) is 17.7. The van der Waals surface area contributed by atoms with E-state index >= 15 is 0 Å². The summed E-state index contributed by atoms with van der Waals surface area (Å²) in [6.45, 7) is 8.48. The van der Waals surface area contributed by atoms with Gasteiger partial charge in [-0.15, -0.1) is 0 Å². The lowest BCUT2D eigenvalue weighted by molar-refractivity contribution is -0.0923. The highest BCUT2D eigenvalue weighted by Crippen LogP contribution is 2.47. The third-order valence-electron chi connectivity index (χ3n) is 5.56. The van der Waals surface area contributed by atoms with Crippen LogP contribution in [0.4, 0.5) is 0 Å². The topological polar surface area (TPSA) is 46.5 Å². The van der Waals surface area contributed by atoms with Crippen LogP contribution in [0.1, 0.15) is 66.6 Å². The van der Waals surface area contributed by atoms with Gasteiger partial charge in [0, 0.05) is 11.8 Å². The second kappa shape index (κ2) is 8.53. The van der Waals surface area contributed by atoms with E-state index in [0.717, 1.165) is 30.4 Å². The summed E-state index contributed by atoms with van der Waals surface area (Å²) in [7, 11) is 0. The first-order valence-corrected chi connectivity index (χ1v) is 9.70. The molecule has 27 heavy (non-hydrogen) atoms. The molecule has 1 saturated heterocycles. The summed E-state index contributed by atoms with van der Waals surface area (Å²) in [5, 5.41) is 9.15. The first kappa shape index (κ1) is 19.4. The van der Waals surface area contributed by atoms with Crippen molar-refractivity contribution < 1.29 is 14.6 Å². The third-order valence-corrected chi connectivity index (χ3v) is 5.56. The number of rotatable bonds is 6. The summed E-state index contributed by atoms with van der Waals surface area (Å²) in [5.74, 6) is -0.350. The van der Waals surface area contributed by atoms with E-state index in [9.17, 15) is 4.79 Å². The van der Waals surface area contributed by atoms with Gasteiger partial charge in [-0.05, 0) is 43.0 Å². The fraction of sp³-hybridized carbons (Fsp3) is 0.375. The third kappa shape index (κ3) is 4.30. The molecule has 0 unspecified atom stereocenters. The number of carbonyl (C=O) groups is 1. The minimum atomic E-state index is -0.907. The van der Waals surface area contributed by atoms with Gasteiger partial charge >= 0.3 is 5.97 Å². The van der Waals surface area contributed by atoms with Crippen LogP contribution in [-0.4, -0.2) is 17.2 Å². The van der Waals surface area contributed by atoms with Crippen molar-refractivity contribution in [3.63, 3.8) is 0 Å². The Morgan fingerprint density at radius 3 is 2.33 bits per heavy atom. The van der Waals surface area contributed by atoms with E-state index in [1.807, 2.05) is 18.2 Å². The van der Waals surface area contributed by atoms with E-state index in [4.69, 9.17) is 9.84 Å². The summed E-state index contributed by atoms with van der Waals surface area (Å²) in [4.78, 5) is 11.2. The molecule has 0 aromatic heterocycles. The molecular weight excluding hydrogens is 336 g/mol. The number of carboxylic acids is 1. The molecule has 3 nitrogen and oxygen atoms in total. The molecule has 1 aliphatic heterocycles. The maximum absolute atomic E-state index is 11.2. The van der Waals surface area contributed by atoms with Crippen LogP contribution in [0.3, 0.4) is 0 Å². The first-order chi connectivity index (χ1) is 13.0. The molecule has 1 N–H and O–H groups in total. The molecule has 0 spiro atoms. The average Bonchev–Trinajstić information content (AvgIpc) is 2.68. The Bertz CT molecular complexity index is 779. The molecule has 0 aliphatic carbocycles. The molecule has 1 aliphatic rings. The predicted molar refractivity (Wildman–Crippen MR) is 108 cm³/mol.